The minimum absolute atomic E-state index is 0.114. The number of esters is 1. The van der Waals surface area contributed by atoms with Gasteiger partial charge in [0.25, 0.3) is 6.43 Å². The maximum absolute atomic E-state index is 12.6. The predicted octanol–water partition coefficient (Wildman–Crippen LogP) is 1.48. The lowest BCUT2D eigenvalue weighted by Gasteiger charge is -2.07. The highest BCUT2D eigenvalue weighted by molar-refractivity contribution is 5.97. The van der Waals surface area contributed by atoms with E-state index in [-0.39, 0.29) is 11.1 Å². The molecule has 0 saturated heterocycles. The predicted molar refractivity (Wildman–Crippen MR) is 48.7 cm³/mol. The Balaban J connectivity index is 2.67. The van der Waals surface area contributed by atoms with Crippen molar-refractivity contribution in [1.29, 1.82) is 0 Å². The first-order valence-corrected chi connectivity index (χ1v) is 4.50. The van der Waals surface area contributed by atoms with Gasteiger partial charge in [-0.15, -0.1) is 0 Å². The third-order valence-electron chi connectivity index (χ3n) is 2.39. The van der Waals surface area contributed by atoms with Crippen molar-refractivity contribution in [3.05, 3.63) is 34.4 Å². The molecule has 5 nitrogen and oxygen atoms in total. The Labute approximate surface area is 93.2 Å². The molecule has 1 aliphatic heterocycles. The SMILES string of the molecule is O=C(O)c1cc2c(cc1C(F)F)C(=O)OC2O. The van der Waals surface area contributed by atoms with Crippen molar-refractivity contribution in [1.82, 2.24) is 0 Å². The second kappa shape index (κ2) is 3.77. The summed E-state index contributed by atoms with van der Waals surface area (Å²) >= 11 is 0. The number of carboxylic acids is 1. The summed E-state index contributed by atoms with van der Waals surface area (Å²) in [6.07, 6.45) is -4.64. The first kappa shape index (κ1) is 11.5. The maximum Gasteiger partial charge on any atom is 0.341 e. The minimum atomic E-state index is -3.03. The number of alkyl halides is 2. The number of cyclic esters (lactones) is 1. The van der Waals surface area contributed by atoms with Crippen LogP contribution in [0.2, 0.25) is 0 Å². The fourth-order valence-corrected chi connectivity index (χ4v) is 1.61. The zero-order valence-electron chi connectivity index (χ0n) is 8.18. The summed E-state index contributed by atoms with van der Waals surface area (Å²) in [5, 5.41) is 18.0. The van der Waals surface area contributed by atoms with Crippen LogP contribution in [-0.2, 0) is 4.74 Å². The minimum Gasteiger partial charge on any atom is -0.478 e. The summed E-state index contributed by atoms with van der Waals surface area (Å²) in [4.78, 5) is 21.9. The quantitative estimate of drug-likeness (QED) is 0.770. The number of rotatable bonds is 2. The van der Waals surface area contributed by atoms with E-state index in [1.54, 1.807) is 0 Å². The Hall–Kier alpha value is -2.02. The molecule has 0 bridgehead atoms. The summed E-state index contributed by atoms with van der Waals surface area (Å²) in [5.41, 5.74) is -1.78. The first-order chi connectivity index (χ1) is 7.91. The molecule has 1 aliphatic rings. The molecular weight excluding hydrogens is 238 g/mol. The number of carbonyl (C=O) groups excluding carboxylic acids is 1. The van der Waals surface area contributed by atoms with Gasteiger partial charge >= 0.3 is 11.9 Å². The van der Waals surface area contributed by atoms with E-state index in [1.807, 2.05) is 0 Å². The second-order valence-corrected chi connectivity index (χ2v) is 3.39. The van der Waals surface area contributed by atoms with E-state index in [9.17, 15) is 23.5 Å². The number of aliphatic hydroxyl groups is 1. The number of ether oxygens (including phenoxy) is 1. The highest BCUT2D eigenvalue weighted by Gasteiger charge is 2.33. The summed E-state index contributed by atoms with van der Waals surface area (Å²) in [6.45, 7) is 0. The van der Waals surface area contributed by atoms with Crippen LogP contribution in [0.15, 0.2) is 12.1 Å². The van der Waals surface area contributed by atoms with Crippen molar-refractivity contribution < 1.29 is 33.3 Å². The third kappa shape index (κ3) is 1.74. The summed E-state index contributed by atoms with van der Waals surface area (Å²) in [7, 11) is 0. The summed E-state index contributed by atoms with van der Waals surface area (Å²) < 4.78 is 29.6. The number of benzene rings is 1. The zero-order chi connectivity index (χ0) is 12.7. The van der Waals surface area contributed by atoms with Crippen LogP contribution in [-0.4, -0.2) is 22.2 Å². The van der Waals surface area contributed by atoms with Crippen molar-refractivity contribution in [2.24, 2.45) is 0 Å². The molecule has 1 heterocycles. The van der Waals surface area contributed by atoms with E-state index in [0.29, 0.717) is 0 Å². The van der Waals surface area contributed by atoms with Crippen LogP contribution in [0.1, 0.15) is 44.6 Å². The molecule has 17 heavy (non-hydrogen) atoms. The fourth-order valence-electron chi connectivity index (χ4n) is 1.61. The van der Waals surface area contributed by atoms with E-state index in [4.69, 9.17) is 5.11 Å². The van der Waals surface area contributed by atoms with Gasteiger partial charge in [0.2, 0.25) is 6.29 Å². The lowest BCUT2D eigenvalue weighted by Crippen LogP contribution is -2.06. The van der Waals surface area contributed by atoms with Crippen molar-refractivity contribution in [3.8, 4) is 0 Å². The second-order valence-electron chi connectivity index (χ2n) is 3.39. The maximum atomic E-state index is 12.6. The number of carbonyl (C=O) groups is 2. The third-order valence-corrected chi connectivity index (χ3v) is 2.39. The largest absolute Gasteiger partial charge is 0.478 e. The lowest BCUT2D eigenvalue weighted by atomic mass is 9.99. The smallest absolute Gasteiger partial charge is 0.341 e. The van der Waals surface area contributed by atoms with Gasteiger partial charge in [0.1, 0.15) is 0 Å². The molecule has 90 valence electrons. The first-order valence-electron chi connectivity index (χ1n) is 4.50. The zero-order valence-corrected chi connectivity index (χ0v) is 8.18. The Morgan fingerprint density at radius 1 is 1.41 bits per heavy atom. The summed E-state index contributed by atoms with van der Waals surface area (Å²) in [6, 6.07) is 1.57. The molecule has 7 heteroatoms. The Morgan fingerprint density at radius 3 is 2.59 bits per heavy atom. The van der Waals surface area contributed by atoms with Gasteiger partial charge in [0.05, 0.1) is 11.1 Å². The van der Waals surface area contributed by atoms with Crippen molar-refractivity contribution in [2.75, 3.05) is 0 Å². The van der Waals surface area contributed by atoms with Crippen molar-refractivity contribution in [2.45, 2.75) is 12.7 Å². The van der Waals surface area contributed by atoms with Crippen LogP contribution >= 0.6 is 0 Å². The van der Waals surface area contributed by atoms with Crippen molar-refractivity contribution in [3.63, 3.8) is 0 Å². The topological polar surface area (TPSA) is 83.8 Å². The number of carboxylic acid groups (broad SMARTS) is 1. The normalized spacial score (nSPS) is 18.1. The van der Waals surface area contributed by atoms with Gasteiger partial charge in [-0.2, -0.15) is 0 Å². The number of hydrogen-bond donors (Lipinski definition) is 2. The van der Waals surface area contributed by atoms with Crippen LogP contribution in [0.4, 0.5) is 8.78 Å². The van der Waals surface area contributed by atoms with E-state index < -0.39 is 35.8 Å². The molecule has 0 saturated carbocycles. The number of aliphatic hydroxyl groups excluding tert-OH is 1. The van der Waals surface area contributed by atoms with Crippen LogP contribution in [0, 0.1) is 0 Å². The molecule has 0 aliphatic carbocycles. The van der Waals surface area contributed by atoms with E-state index in [2.05, 4.69) is 4.74 Å². The van der Waals surface area contributed by atoms with Crippen LogP contribution in [0.5, 0.6) is 0 Å². The number of halogens is 2. The average molecular weight is 244 g/mol. The lowest BCUT2D eigenvalue weighted by molar-refractivity contribution is -0.0547. The van der Waals surface area contributed by atoms with E-state index >= 15 is 0 Å². The van der Waals surface area contributed by atoms with E-state index in [1.165, 1.54) is 0 Å². The van der Waals surface area contributed by atoms with Gasteiger partial charge in [-0.1, -0.05) is 0 Å². The summed E-state index contributed by atoms with van der Waals surface area (Å²) in [5.74, 6) is -2.51. The average Bonchev–Trinajstić information content (AvgIpc) is 2.52. The van der Waals surface area contributed by atoms with Gasteiger partial charge in [-0.05, 0) is 12.1 Å². The Kier molecular flexibility index (Phi) is 2.55. The Morgan fingerprint density at radius 2 is 2.06 bits per heavy atom. The molecule has 2 N–H and O–H groups in total. The molecule has 0 radical (unpaired) electrons. The molecule has 0 amide bonds. The molecule has 1 unspecified atom stereocenters. The molecule has 2 rings (SSSR count). The van der Waals surface area contributed by atoms with Gasteiger partial charge in [0, 0.05) is 11.1 Å². The van der Waals surface area contributed by atoms with Gasteiger partial charge in [-0.25, -0.2) is 18.4 Å². The number of hydrogen-bond acceptors (Lipinski definition) is 4. The standard InChI is InChI=1S/C10H6F2O5/c11-7(12)3-1-5-6(2-4(3)8(13)14)10(16)17-9(5)15/h1-2,7,10,16H,(H,13,14). The monoisotopic (exact) mass is 244 g/mol. The number of aromatic carboxylic acids is 1. The fraction of sp³-hybridized carbons (Fsp3) is 0.200. The molecule has 1 aromatic carbocycles. The highest BCUT2D eigenvalue weighted by Crippen LogP contribution is 2.34. The van der Waals surface area contributed by atoms with Gasteiger partial charge in [0.15, 0.2) is 0 Å². The van der Waals surface area contributed by atoms with Gasteiger partial charge in [-0.3, -0.25) is 0 Å². The number of fused-ring (bicyclic) bond motifs is 1. The molecule has 0 fully saturated rings. The Bertz CT molecular complexity index is 512. The van der Waals surface area contributed by atoms with E-state index in [0.717, 1.165) is 12.1 Å². The van der Waals surface area contributed by atoms with Crippen molar-refractivity contribution >= 4 is 11.9 Å². The molecular formula is C10H6F2O5. The molecule has 0 aromatic heterocycles. The molecule has 1 atom stereocenters. The molecule has 1 aromatic rings. The van der Waals surface area contributed by atoms with Crippen LogP contribution in [0.25, 0.3) is 0 Å². The van der Waals surface area contributed by atoms with Gasteiger partial charge < -0.3 is 14.9 Å². The van der Waals surface area contributed by atoms with Crippen LogP contribution < -0.4 is 0 Å². The highest BCUT2D eigenvalue weighted by atomic mass is 19.3. The van der Waals surface area contributed by atoms with Crippen LogP contribution in [0.3, 0.4) is 0 Å². The molecule has 0 spiro atoms.